The fourth-order valence-electron chi connectivity index (χ4n) is 2.32. The average Bonchev–Trinajstić information content (AvgIpc) is 2.33. The Balaban J connectivity index is 2.18. The number of hydrogen-bond acceptors (Lipinski definition) is 3. The fourth-order valence-corrected chi connectivity index (χ4v) is 2.32. The summed E-state index contributed by atoms with van der Waals surface area (Å²) in [7, 11) is 1.75. The van der Waals surface area contributed by atoms with Crippen LogP contribution < -0.4 is 5.32 Å². The number of nitrogens with one attached hydrogen (secondary N) is 1. The summed E-state index contributed by atoms with van der Waals surface area (Å²) in [6.45, 7) is 6.04. The first-order chi connectivity index (χ1) is 7.88. The highest BCUT2D eigenvalue weighted by Gasteiger charge is 2.24. The van der Waals surface area contributed by atoms with Crippen LogP contribution in [0.15, 0.2) is 0 Å². The minimum Gasteiger partial charge on any atom is -0.383 e. The molecule has 2 unspecified atom stereocenters. The fraction of sp³-hybridized carbons (Fsp3) is 1.00. The van der Waals surface area contributed by atoms with Crippen molar-refractivity contribution in [1.82, 2.24) is 5.32 Å². The molecule has 0 radical (unpaired) electrons. The Hall–Kier alpha value is -0.120. The summed E-state index contributed by atoms with van der Waals surface area (Å²) in [6.07, 6.45) is 6.81. The number of ether oxygens (including phenoxy) is 2. The first-order valence-electron chi connectivity index (χ1n) is 6.69. The van der Waals surface area contributed by atoms with Crippen LogP contribution in [0.3, 0.4) is 0 Å². The average molecular weight is 229 g/mol. The van der Waals surface area contributed by atoms with E-state index in [9.17, 15) is 0 Å². The molecule has 3 heteroatoms. The van der Waals surface area contributed by atoms with E-state index in [1.807, 2.05) is 0 Å². The van der Waals surface area contributed by atoms with Gasteiger partial charge in [-0.2, -0.15) is 0 Å². The zero-order valence-electron chi connectivity index (χ0n) is 10.8. The van der Waals surface area contributed by atoms with Gasteiger partial charge in [0.15, 0.2) is 0 Å². The number of hydrogen-bond donors (Lipinski definition) is 1. The molecule has 96 valence electrons. The second-order valence-corrected chi connectivity index (χ2v) is 4.65. The highest BCUT2D eigenvalue weighted by Crippen LogP contribution is 2.24. The quantitative estimate of drug-likeness (QED) is 0.647. The van der Waals surface area contributed by atoms with Crippen LogP contribution in [0.25, 0.3) is 0 Å². The number of unbranched alkanes of at least 4 members (excludes halogenated alkanes) is 1. The van der Waals surface area contributed by atoms with Crippen molar-refractivity contribution in [2.45, 2.75) is 45.1 Å². The second kappa shape index (κ2) is 8.97. The summed E-state index contributed by atoms with van der Waals surface area (Å²) in [5, 5.41) is 3.46. The third-order valence-corrected chi connectivity index (χ3v) is 3.31. The van der Waals surface area contributed by atoms with Crippen LogP contribution in [-0.2, 0) is 9.47 Å². The van der Waals surface area contributed by atoms with E-state index in [1.54, 1.807) is 7.11 Å². The van der Waals surface area contributed by atoms with Crippen LogP contribution in [0.4, 0.5) is 0 Å². The van der Waals surface area contributed by atoms with Gasteiger partial charge in [0.25, 0.3) is 0 Å². The molecule has 1 rings (SSSR count). The molecule has 1 heterocycles. The highest BCUT2D eigenvalue weighted by molar-refractivity contribution is 4.76. The Morgan fingerprint density at radius 2 is 2.31 bits per heavy atom. The van der Waals surface area contributed by atoms with Crippen molar-refractivity contribution in [2.75, 3.05) is 33.4 Å². The third-order valence-electron chi connectivity index (χ3n) is 3.31. The Labute approximate surface area is 99.9 Å². The van der Waals surface area contributed by atoms with E-state index in [4.69, 9.17) is 9.47 Å². The van der Waals surface area contributed by atoms with Gasteiger partial charge in [0.2, 0.25) is 0 Å². The van der Waals surface area contributed by atoms with E-state index in [2.05, 4.69) is 12.2 Å². The molecule has 0 amide bonds. The van der Waals surface area contributed by atoms with Gasteiger partial charge in [0.1, 0.15) is 0 Å². The Morgan fingerprint density at radius 1 is 1.44 bits per heavy atom. The van der Waals surface area contributed by atoms with Gasteiger partial charge in [-0.25, -0.2) is 0 Å². The molecular formula is C13H27NO2. The Bertz CT molecular complexity index is 164. The molecule has 0 aromatic carbocycles. The summed E-state index contributed by atoms with van der Waals surface area (Å²) in [6, 6.07) is 0. The lowest BCUT2D eigenvalue weighted by molar-refractivity contribution is -0.0313. The minimum absolute atomic E-state index is 0.490. The third kappa shape index (κ3) is 5.28. The van der Waals surface area contributed by atoms with Crippen LogP contribution in [0.5, 0.6) is 0 Å². The normalized spacial score (nSPS) is 25.9. The summed E-state index contributed by atoms with van der Waals surface area (Å²) in [5.74, 6) is 0.706. The summed E-state index contributed by atoms with van der Waals surface area (Å²) >= 11 is 0. The summed E-state index contributed by atoms with van der Waals surface area (Å²) in [5.41, 5.74) is 0. The van der Waals surface area contributed by atoms with E-state index >= 15 is 0 Å². The monoisotopic (exact) mass is 229 g/mol. The standard InChI is InChI=1S/C13H27NO2/c1-3-4-7-13-12(6-5-9-16-13)11-14-8-10-15-2/h12-14H,3-11H2,1-2H3. The van der Waals surface area contributed by atoms with E-state index in [0.29, 0.717) is 12.0 Å². The van der Waals surface area contributed by atoms with Crippen molar-refractivity contribution >= 4 is 0 Å². The van der Waals surface area contributed by atoms with Gasteiger partial charge in [0.05, 0.1) is 12.7 Å². The molecule has 1 N–H and O–H groups in total. The van der Waals surface area contributed by atoms with Crippen molar-refractivity contribution in [1.29, 1.82) is 0 Å². The van der Waals surface area contributed by atoms with Crippen LogP contribution in [-0.4, -0.2) is 39.5 Å². The maximum absolute atomic E-state index is 5.88. The van der Waals surface area contributed by atoms with Crippen LogP contribution in [0.2, 0.25) is 0 Å². The van der Waals surface area contributed by atoms with Crippen LogP contribution in [0.1, 0.15) is 39.0 Å². The first kappa shape index (κ1) is 13.9. The van der Waals surface area contributed by atoms with Gasteiger partial charge in [-0.3, -0.25) is 0 Å². The molecule has 0 spiro atoms. The lowest BCUT2D eigenvalue weighted by Gasteiger charge is -2.32. The molecule has 0 aliphatic carbocycles. The van der Waals surface area contributed by atoms with Crippen LogP contribution in [0, 0.1) is 5.92 Å². The van der Waals surface area contributed by atoms with E-state index < -0.39 is 0 Å². The lowest BCUT2D eigenvalue weighted by atomic mass is 9.91. The zero-order chi connectivity index (χ0) is 11.6. The topological polar surface area (TPSA) is 30.5 Å². The zero-order valence-corrected chi connectivity index (χ0v) is 10.8. The summed E-state index contributed by atoms with van der Waals surface area (Å²) < 4.78 is 10.9. The van der Waals surface area contributed by atoms with Gasteiger partial charge in [-0.1, -0.05) is 19.8 Å². The van der Waals surface area contributed by atoms with Crippen LogP contribution >= 0.6 is 0 Å². The Kier molecular flexibility index (Phi) is 7.81. The maximum atomic E-state index is 5.88. The number of rotatable bonds is 8. The summed E-state index contributed by atoms with van der Waals surface area (Å²) in [4.78, 5) is 0. The molecule has 1 aliphatic rings. The van der Waals surface area contributed by atoms with E-state index in [0.717, 1.165) is 26.3 Å². The van der Waals surface area contributed by atoms with Gasteiger partial charge in [0, 0.05) is 26.8 Å². The molecule has 0 aromatic rings. The second-order valence-electron chi connectivity index (χ2n) is 4.65. The van der Waals surface area contributed by atoms with Crippen molar-refractivity contribution in [2.24, 2.45) is 5.92 Å². The largest absolute Gasteiger partial charge is 0.383 e. The molecule has 0 aromatic heterocycles. The molecule has 2 atom stereocenters. The van der Waals surface area contributed by atoms with Gasteiger partial charge in [-0.05, 0) is 25.2 Å². The molecule has 0 saturated carbocycles. The van der Waals surface area contributed by atoms with Crippen molar-refractivity contribution < 1.29 is 9.47 Å². The van der Waals surface area contributed by atoms with Gasteiger partial charge < -0.3 is 14.8 Å². The first-order valence-corrected chi connectivity index (χ1v) is 6.69. The molecule has 3 nitrogen and oxygen atoms in total. The predicted octanol–water partition coefficient (Wildman–Crippen LogP) is 2.21. The van der Waals surface area contributed by atoms with Gasteiger partial charge in [-0.15, -0.1) is 0 Å². The lowest BCUT2D eigenvalue weighted by Crippen LogP contribution is -2.37. The SMILES string of the molecule is CCCCC1OCCCC1CNCCOC. The van der Waals surface area contributed by atoms with Crippen molar-refractivity contribution in [3.63, 3.8) is 0 Å². The highest BCUT2D eigenvalue weighted by atomic mass is 16.5. The van der Waals surface area contributed by atoms with Crippen molar-refractivity contribution in [3.8, 4) is 0 Å². The molecule has 1 saturated heterocycles. The smallest absolute Gasteiger partial charge is 0.0615 e. The predicted molar refractivity (Wildman–Crippen MR) is 66.7 cm³/mol. The molecule has 1 fully saturated rings. The van der Waals surface area contributed by atoms with Gasteiger partial charge >= 0.3 is 0 Å². The maximum Gasteiger partial charge on any atom is 0.0615 e. The minimum atomic E-state index is 0.490. The Morgan fingerprint density at radius 3 is 3.06 bits per heavy atom. The van der Waals surface area contributed by atoms with Crippen molar-refractivity contribution in [3.05, 3.63) is 0 Å². The molecule has 16 heavy (non-hydrogen) atoms. The molecule has 1 aliphatic heterocycles. The molecular weight excluding hydrogens is 202 g/mol. The van der Waals surface area contributed by atoms with E-state index in [1.165, 1.54) is 32.1 Å². The number of methoxy groups -OCH3 is 1. The molecule has 0 bridgehead atoms. The van der Waals surface area contributed by atoms with E-state index in [-0.39, 0.29) is 0 Å².